The lowest BCUT2D eigenvalue weighted by atomic mass is 9.96. The minimum Gasteiger partial charge on any atom is -0.507 e. The van der Waals surface area contributed by atoms with Gasteiger partial charge in [0.1, 0.15) is 17.3 Å². The first-order valence-electron chi connectivity index (χ1n) is 10.1. The zero-order valence-corrected chi connectivity index (χ0v) is 17.6. The van der Waals surface area contributed by atoms with Crippen LogP contribution in [0.25, 0.3) is 11.3 Å². The quantitative estimate of drug-likeness (QED) is 0.572. The van der Waals surface area contributed by atoms with Crippen LogP contribution >= 0.6 is 11.3 Å². The van der Waals surface area contributed by atoms with Gasteiger partial charge in [0.2, 0.25) is 4.80 Å². The van der Waals surface area contributed by atoms with Crippen LogP contribution in [0.1, 0.15) is 37.7 Å². The van der Waals surface area contributed by atoms with E-state index in [2.05, 4.69) is 5.10 Å². The average Bonchev–Trinajstić information content (AvgIpc) is 3.16. The Kier molecular flexibility index (Phi) is 6.28. The summed E-state index contributed by atoms with van der Waals surface area (Å²) in [4.78, 5) is 5.75. The number of thiazole rings is 1. The molecule has 156 valence electrons. The molecule has 30 heavy (non-hydrogen) atoms. The summed E-state index contributed by atoms with van der Waals surface area (Å²) in [6.45, 7) is 0. The molecular formula is C23H24FN3O2S. The summed E-state index contributed by atoms with van der Waals surface area (Å²) in [6.07, 6.45) is 7.44. The van der Waals surface area contributed by atoms with Gasteiger partial charge in [-0.15, -0.1) is 11.3 Å². The molecule has 3 aromatic rings. The van der Waals surface area contributed by atoms with Gasteiger partial charge in [0, 0.05) is 16.5 Å². The van der Waals surface area contributed by atoms with Crippen molar-refractivity contribution >= 4 is 17.6 Å². The number of hydrogen-bond acceptors (Lipinski definition) is 5. The van der Waals surface area contributed by atoms with Crippen molar-refractivity contribution in [2.24, 2.45) is 10.1 Å². The van der Waals surface area contributed by atoms with Crippen LogP contribution in [-0.4, -0.2) is 29.1 Å². The van der Waals surface area contributed by atoms with Crippen molar-refractivity contribution in [3.8, 4) is 22.8 Å². The predicted octanol–water partition coefficient (Wildman–Crippen LogP) is 5.19. The van der Waals surface area contributed by atoms with Gasteiger partial charge < -0.3 is 9.84 Å². The number of nitrogens with zero attached hydrogens (tertiary/aromatic N) is 3. The highest BCUT2D eigenvalue weighted by atomic mass is 32.1. The minimum absolute atomic E-state index is 0.115. The van der Waals surface area contributed by atoms with Gasteiger partial charge >= 0.3 is 0 Å². The molecule has 0 amide bonds. The number of halogens is 1. The van der Waals surface area contributed by atoms with Crippen molar-refractivity contribution in [2.45, 2.75) is 38.1 Å². The molecule has 0 radical (unpaired) electrons. The number of ether oxygens (including phenoxy) is 1. The van der Waals surface area contributed by atoms with E-state index >= 15 is 0 Å². The van der Waals surface area contributed by atoms with E-state index in [9.17, 15) is 9.50 Å². The Morgan fingerprint density at radius 1 is 1.13 bits per heavy atom. The standard InChI is InChI=1S/C23H24FN3O2S/c1-29-20-11-12-22(28)17(13-20)14-25-27-21(16-7-9-18(24)10-8-16)15-30-23(27)26-19-5-3-2-4-6-19/h7-15,19,28H,2-6H2,1H3. The van der Waals surface area contributed by atoms with Crippen LogP contribution < -0.4 is 9.54 Å². The fraction of sp³-hybridized carbons (Fsp3) is 0.304. The largest absolute Gasteiger partial charge is 0.507 e. The third kappa shape index (κ3) is 4.62. The van der Waals surface area contributed by atoms with Gasteiger partial charge in [-0.2, -0.15) is 5.10 Å². The number of methoxy groups -OCH3 is 1. The number of aromatic hydroxyl groups is 1. The molecule has 1 aliphatic carbocycles. The first-order valence-corrected chi connectivity index (χ1v) is 10.9. The van der Waals surface area contributed by atoms with Crippen molar-refractivity contribution in [2.75, 3.05) is 7.11 Å². The summed E-state index contributed by atoms with van der Waals surface area (Å²) in [5, 5.41) is 16.8. The SMILES string of the molecule is COc1ccc(O)c(C=Nn2c(-c3ccc(F)cc3)csc2=NC2CCCCC2)c1. The molecule has 0 unspecified atom stereocenters. The summed E-state index contributed by atoms with van der Waals surface area (Å²) in [5.74, 6) is 0.470. The second-order valence-corrected chi connectivity index (χ2v) is 8.15. The fourth-order valence-electron chi connectivity index (χ4n) is 3.57. The average molecular weight is 426 g/mol. The van der Waals surface area contributed by atoms with Crippen LogP contribution in [0.2, 0.25) is 0 Å². The molecule has 0 spiro atoms. The molecule has 1 fully saturated rings. The Hall–Kier alpha value is -2.93. The summed E-state index contributed by atoms with van der Waals surface area (Å²) in [5.41, 5.74) is 2.22. The molecule has 1 heterocycles. The minimum atomic E-state index is -0.280. The Bertz CT molecular complexity index is 1100. The number of benzene rings is 2. The van der Waals surface area contributed by atoms with E-state index in [0.717, 1.165) is 28.9 Å². The van der Waals surface area contributed by atoms with E-state index in [1.807, 2.05) is 5.38 Å². The maximum atomic E-state index is 13.4. The maximum Gasteiger partial charge on any atom is 0.206 e. The van der Waals surface area contributed by atoms with Crippen molar-refractivity contribution in [3.05, 3.63) is 64.0 Å². The van der Waals surface area contributed by atoms with Crippen LogP contribution in [0.4, 0.5) is 4.39 Å². The molecule has 0 bridgehead atoms. The van der Waals surface area contributed by atoms with Crippen molar-refractivity contribution in [3.63, 3.8) is 0 Å². The van der Waals surface area contributed by atoms with Crippen molar-refractivity contribution in [1.29, 1.82) is 0 Å². The van der Waals surface area contributed by atoms with Crippen LogP contribution in [0.15, 0.2) is 57.9 Å². The van der Waals surface area contributed by atoms with E-state index in [1.54, 1.807) is 48.3 Å². The molecule has 0 saturated heterocycles. The Labute approximate surface area is 178 Å². The van der Waals surface area contributed by atoms with Gasteiger partial charge in [-0.25, -0.2) is 9.07 Å². The topological polar surface area (TPSA) is 59.1 Å². The molecular weight excluding hydrogens is 401 g/mol. The first-order chi connectivity index (χ1) is 14.6. The molecule has 7 heteroatoms. The number of phenolic OH excluding ortho intramolecular Hbond substituents is 1. The second kappa shape index (κ2) is 9.26. The van der Waals surface area contributed by atoms with Crippen LogP contribution in [-0.2, 0) is 0 Å². The predicted molar refractivity (Wildman–Crippen MR) is 118 cm³/mol. The molecule has 5 nitrogen and oxygen atoms in total. The van der Waals surface area contributed by atoms with Gasteiger partial charge in [-0.05, 0) is 55.3 Å². The van der Waals surface area contributed by atoms with E-state index in [-0.39, 0.29) is 11.6 Å². The number of rotatable bonds is 5. The monoisotopic (exact) mass is 425 g/mol. The summed E-state index contributed by atoms with van der Waals surface area (Å²) >= 11 is 1.52. The van der Waals surface area contributed by atoms with Crippen LogP contribution in [0.3, 0.4) is 0 Å². The third-order valence-corrected chi connectivity index (χ3v) is 6.07. The zero-order chi connectivity index (χ0) is 20.9. The Balaban J connectivity index is 1.77. The summed E-state index contributed by atoms with van der Waals surface area (Å²) in [6, 6.07) is 11.6. The number of aromatic nitrogens is 1. The number of hydrogen-bond donors (Lipinski definition) is 1. The van der Waals surface area contributed by atoms with Crippen molar-refractivity contribution < 1.29 is 14.2 Å². The molecule has 1 aliphatic rings. The van der Waals surface area contributed by atoms with E-state index in [1.165, 1.54) is 42.7 Å². The second-order valence-electron chi connectivity index (χ2n) is 7.31. The fourth-order valence-corrected chi connectivity index (χ4v) is 4.48. The van der Waals surface area contributed by atoms with Gasteiger partial charge in [0.05, 0.1) is 25.1 Å². The van der Waals surface area contributed by atoms with Crippen LogP contribution in [0, 0.1) is 5.82 Å². The van der Waals surface area contributed by atoms with Crippen molar-refractivity contribution in [1.82, 2.24) is 4.68 Å². The Morgan fingerprint density at radius 2 is 1.90 bits per heavy atom. The Morgan fingerprint density at radius 3 is 2.63 bits per heavy atom. The third-order valence-electron chi connectivity index (χ3n) is 5.24. The summed E-state index contributed by atoms with van der Waals surface area (Å²) < 4.78 is 20.4. The van der Waals surface area contributed by atoms with E-state index in [4.69, 9.17) is 9.73 Å². The smallest absolute Gasteiger partial charge is 0.206 e. The van der Waals surface area contributed by atoms with Gasteiger partial charge in [-0.3, -0.25) is 4.99 Å². The zero-order valence-electron chi connectivity index (χ0n) is 16.8. The lowest BCUT2D eigenvalue weighted by Crippen LogP contribution is -2.19. The molecule has 2 aromatic carbocycles. The highest BCUT2D eigenvalue weighted by Gasteiger charge is 2.14. The molecule has 0 aliphatic heterocycles. The molecule has 1 aromatic heterocycles. The first kappa shape index (κ1) is 20.3. The van der Waals surface area contributed by atoms with Gasteiger partial charge in [0.25, 0.3) is 0 Å². The number of phenols is 1. The van der Waals surface area contributed by atoms with Gasteiger partial charge in [0.15, 0.2) is 0 Å². The van der Waals surface area contributed by atoms with Crippen LogP contribution in [0.5, 0.6) is 11.5 Å². The molecule has 1 saturated carbocycles. The van der Waals surface area contributed by atoms with E-state index in [0.29, 0.717) is 17.4 Å². The summed E-state index contributed by atoms with van der Waals surface area (Å²) in [7, 11) is 1.58. The van der Waals surface area contributed by atoms with Gasteiger partial charge in [-0.1, -0.05) is 19.3 Å². The maximum absolute atomic E-state index is 13.4. The van der Waals surface area contributed by atoms with E-state index < -0.39 is 0 Å². The highest BCUT2D eigenvalue weighted by molar-refractivity contribution is 7.07. The lowest BCUT2D eigenvalue weighted by molar-refractivity contribution is 0.412. The molecule has 4 rings (SSSR count). The molecule has 0 atom stereocenters. The highest BCUT2D eigenvalue weighted by Crippen LogP contribution is 2.24. The normalized spacial score (nSPS) is 15.7. The molecule has 1 N–H and O–H groups in total. The lowest BCUT2D eigenvalue weighted by Gasteiger charge is -2.16.